The van der Waals surface area contributed by atoms with Crippen molar-refractivity contribution < 1.29 is 19.1 Å². The Morgan fingerprint density at radius 3 is 2.32 bits per heavy atom. The third-order valence-electron chi connectivity index (χ3n) is 5.63. The molecule has 1 aromatic heterocycles. The van der Waals surface area contributed by atoms with E-state index in [0.29, 0.717) is 58.9 Å². The Labute approximate surface area is 184 Å². The van der Waals surface area contributed by atoms with Gasteiger partial charge >= 0.3 is 6.09 Å². The van der Waals surface area contributed by atoms with Crippen LogP contribution in [0, 0.1) is 6.92 Å². The van der Waals surface area contributed by atoms with Crippen LogP contribution in [-0.4, -0.2) is 89.9 Å². The quantitative estimate of drug-likeness (QED) is 0.719. The number of piperazine rings is 1. The average Bonchev–Trinajstić information content (AvgIpc) is 2.73. The summed E-state index contributed by atoms with van der Waals surface area (Å²) in [6.07, 6.45) is 1.71. The number of aryl methyl sites for hydroxylation is 1. The van der Waals surface area contributed by atoms with E-state index < -0.39 is 5.60 Å². The number of hydrogen-bond donors (Lipinski definition) is 0. The van der Waals surface area contributed by atoms with E-state index >= 15 is 0 Å². The van der Waals surface area contributed by atoms with Crippen LogP contribution in [0.3, 0.4) is 0 Å². The van der Waals surface area contributed by atoms with Gasteiger partial charge in [0.15, 0.2) is 0 Å². The summed E-state index contributed by atoms with van der Waals surface area (Å²) in [7, 11) is 0. The molecule has 2 aliphatic heterocycles. The number of carbonyl (C=O) groups excluding carboxylic acids is 2. The normalized spacial score (nSPS) is 18.7. The summed E-state index contributed by atoms with van der Waals surface area (Å²) in [4.78, 5) is 39.9. The first-order valence-electron chi connectivity index (χ1n) is 11.1. The van der Waals surface area contributed by atoms with Crippen molar-refractivity contribution >= 4 is 17.8 Å². The van der Waals surface area contributed by atoms with Crippen LogP contribution < -0.4 is 4.90 Å². The lowest BCUT2D eigenvalue weighted by atomic mass is 9.95. The monoisotopic (exact) mass is 433 g/mol. The van der Waals surface area contributed by atoms with Crippen LogP contribution in [0.1, 0.15) is 51.3 Å². The zero-order valence-electron chi connectivity index (χ0n) is 19.4. The number of ether oxygens (including phenoxy) is 2. The lowest BCUT2D eigenvalue weighted by molar-refractivity contribution is -0.135. The molecule has 1 aromatic rings. The minimum Gasteiger partial charge on any atom is -0.444 e. The molecule has 3 rings (SSSR count). The van der Waals surface area contributed by atoms with Crippen molar-refractivity contribution in [2.75, 3.05) is 57.4 Å². The minimum atomic E-state index is -0.506. The minimum absolute atomic E-state index is 0.00423. The molecular weight excluding hydrogens is 398 g/mol. The second-order valence-corrected chi connectivity index (χ2v) is 9.25. The van der Waals surface area contributed by atoms with E-state index in [1.54, 1.807) is 11.2 Å². The van der Waals surface area contributed by atoms with Gasteiger partial charge in [0.2, 0.25) is 5.91 Å². The number of aromatic nitrogens is 2. The van der Waals surface area contributed by atoms with Crippen LogP contribution in [0.25, 0.3) is 0 Å². The average molecular weight is 434 g/mol. The van der Waals surface area contributed by atoms with Crippen LogP contribution in [0.4, 0.5) is 10.6 Å². The van der Waals surface area contributed by atoms with Gasteiger partial charge < -0.3 is 24.2 Å². The fraction of sp³-hybridized carbons (Fsp3) is 0.727. The standard InChI is InChI=1S/C22H35N5O4/c1-16(14-18(28)25-10-12-30-13-11-25)19-17(2)23-15-24-20(19)26-6-8-27(9-7-26)21(29)31-22(3,4)5/h15-16H,6-14H2,1-5H3/t16-/m1/s1. The summed E-state index contributed by atoms with van der Waals surface area (Å²) in [5.41, 5.74) is 1.39. The van der Waals surface area contributed by atoms with Crippen molar-refractivity contribution in [1.82, 2.24) is 19.8 Å². The number of anilines is 1. The van der Waals surface area contributed by atoms with Gasteiger partial charge in [-0.05, 0) is 33.6 Å². The summed E-state index contributed by atoms with van der Waals surface area (Å²) in [5.74, 6) is 0.994. The lowest BCUT2D eigenvalue weighted by Crippen LogP contribution is -2.50. The molecule has 9 heteroatoms. The molecule has 0 aromatic carbocycles. The Bertz CT molecular complexity index is 781. The highest BCUT2D eigenvalue weighted by atomic mass is 16.6. The van der Waals surface area contributed by atoms with E-state index in [4.69, 9.17) is 9.47 Å². The Morgan fingerprint density at radius 2 is 1.71 bits per heavy atom. The first kappa shape index (κ1) is 23.2. The molecule has 2 amide bonds. The van der Waals surface area contributed by atoms with E-state index in [1.807, 2.05) is 32.6 Å². The van der Waals surface area contributed by atoms with Crippen LogP contribution in [0.15, 0.2) is 6.33 Å². The van der Waals surface area contributed by atoms with Crippen LogP contribution in [0.2, 0.25) is 0 Å². The summed E-state index contributed by atoms with van der Waals surface area (Å²) in [6, 6.07) is 0. The van der Waals surface area contributed by atoms with Crippen LogP contribution in [-0.2, 0) is 14.3 Å². The van der Waals surface area contributed by atoms with Gasteiger partial charge in [-0.25, -0.2) is 14.8 Å². The van der Waals surface area contributed by atoms with E-state index in [0.717, 1.165) is 17.1 Å². The Kier molecular flexibility index (Phi) is 7.35. The predicted octanol–water partition coefficient (Wildman–Crippen LogP) is 2.19. The van der Waals surface area contributed by atoms with Crippen LogP contribution >= 0.6 is 0 Å². The zero-order chi connectivity index (χ0) is 22.6. The van der Waals surface area contributed by atoms with Crippen molar-refractivity contribution in [3.8, 4) is 0 Å². The first-order valence-corrected chi connectivity index (χ1v) is 11.1. The Morgan fingerprint density at radius 1 is 1.06 bits per heavy atom. The molecule has 2 saturated heterocycles. The molecular formula is C22H35N5O4. The van der Waals surface area contributed by atoms with E-state index in [1.165, 1.54) is 0 Å². The highest BCUT2D eigenvalue weighted by Crippen LogP contribution is 2.31. The Balaban J connectivity index is 1.67. The van der Waals surface area contributed by atoms with Crippen molar-refractivity contribution in [3.05, 3.63) is 17.6 Å². The van der Waals surface area contributed by atoms with Crippen LogP contribution in [0.5, 0.6) is 0 Å². The number of rotatable bonds is 4. The maximum absolute atomic E-state index is 12.8. The van der Waals surface area contributed by atoms with Crippen molar-refractivity contribution in [3.63, 3.8) is 0 Å². The maximum Gasteiger partial charge on any atom is 0.410 e. The summed E-state index contributed by atoms with van der Waals surface area (Å²) in [6.45, 7) is 14.6. The highest BCUT2D eigenvalue weighted by molar-refractivity contribution is 5.77. The van der Waals surface area contributed by atoms with Gasteiger partial charge in [0, 0.05) is 56.9 Å². The van der Waals surface area contributed by atoms with Gasteiger partial charge in [0.1, 0.15) is 17.7 Å². The first-order chi connectivity index (χ1) is 14.7. The molecule has 9 nitrogen and oxygen atoms in total. The predicted molar refractivity (Wildman–Crippen MR) is 117 cm³/mol. The summed E-state index contributed by atoms with van der Waals surface area (Å²) >= 11 is 0. The van der Waals surface area contributed by atoms with Gasteiger partial charge in [0.25, 0.3) is 0 Å². The zero-order valence-corrected chi connectivity index (χ0v) is 19.4. The Hall–Kier alpha value is -2.42. The summed E-state index contributed by atoms with van der Waals surface area (Å²) in [5, 5.41) is 0. The van der Waals surface area contributed by atoms with Gasteiger partial charge in [0.05, 0.1) is 13.2 Å². The fourth-order valence-corrected chi connectivity index (χ4v) is 4.03. The lowest BCUT2D eigenvalue weighted by Gasteiger charge is -2.37. The SMILES string of the molecule is Cc1ncnc(N2CCN(C(=O)OC(C)(C)C)CC2)c1[C@H](C)CC(=O)N1CCOCC1. The second kappa shape index (κ2) is 9.80. The van der Waals surface area contributed by atoms with Gasteiger partial charge in [-0.3, -0.25) is 4.79 Å². The molecule has 2 fully saturated rings. The highest BCUT2D eigenvalue weighted by Gasteiger charge is 2.29. The number of hydrogen-bond acceptors (Lipinski definition) is 7. The number of amides is 2. The molecule has 0 N–H and O–H groups in total. The fourth-order valence-electron chi connectivity index (χ4n) is 4.03. The number of carbonyl (C=O) groups is 2. The molecule has 0 radical (unpaired) electrons. The van der Waals surface area contributed by atoms with Gasteiger partial charge in [-0.15, -0.1) is 0 Å². The number of nitrogens with zero attached hydrogens (tertiary/aromatic N) is 5. The third kappa shape index (κ3) is 6.06. The molecule has 0 bridgehead atoms. The maximum atomic E-state index is 12.8. The molecule has 2 aliphatic rings. The third-order valence-corrected chi connectivity index (χ3v) is 5.63. The molecule has 31 heavy (non-hydrogen) atoms. The molecule has 0 spiro atoms. The van der Waals surface area contributed by atoms with Crippen molar-refractivity contribution in [1.29, 1.82) is 0 Å². The molecule has 172 valence electrons. The molecule has 1 atom stereocenters. The smallest absolute Gasteiger partial charge is 0.410 e. The van der Waals surface area contributed by atoms with E-state index in [-0.39, 0.29) is 17.9 Å². The molecule has 3 heterocycles. The number of morpholine rings is 1. The van der Waals surface area contributed by atoms with E-state index in [2.05, 4.69) is 21.8 Å². The molecule has 0 aliphatic carbocycles. The van der Waals surface area contributed by atoms with Gasteiger partial charge in [-0.1, -0.05) is 6.92 Å². The summed E-state index contributed by atoms with van der Waals surface area (Å²) < 4.78 is 10.8. The molecule has 0 unspecified atom stereocenters. The van der Waals surface area contributed by atoms with Gasteiger partial charge in [-0.2, -0.15) is 0 Å². The molecule has 0 saturated carbocycles. The topological polar surface area (TPSA) is 88.1 Å². The van der Waals surface area contributed by atoms with Crippen molar-refractivity contribution in [2.24, 2.45) is 0 Å². The van der Waals surface area contributed by atoms with Crippen molar-refractivity contribution in [2.45, 2.75) is 52.6 Å². The van der Waals surface area contributed by atoms with E-state index in [9.17, 15) is 9.59 Å². The second-order valence-electron chi connectivity index (χ2n) is 9.25. The largest absolute Gasteiger partial charge is 0.444 e.